The summed E-state index contributed by atoms with van der Waals surface area (Å²) in [6.07, 6.45) is 7.14. The number of hydrogen-bond acceptors (Lipinski definition) is 2. The summed E-state index contributed by atoms with van der Waals surface area (Å²) in [5, 5.41) is 3.46. The molecule has 0 spiro atoms. The molecule has 2 rings (SSSR count). The van der Waals surface area contributed by atoms with Crippen LogP contribution in [0.3, 0.4) is 0 Å². The van der Waals surface area contributed by atoms with Crippen LogP contribution >= 0.6 is 0 Å². The lowest BCUT2D eigenvalue weighted by atomic mass is 9.92. The van der Waals surface area contributed by atoms with Gasteiger partial charge in [0.15, 0.2) is 0 Å². The number of nitrogens with one attached hydrogen (secondary N) is 1. The Morgan fingerprint density at radius 1 is 1.31 bits per heavy atom. The second kappa shape index (κ2) is 4.43. The second-order valence-corrected chi connectivity index (χ2v) is 4.72. The van der Waals surface area contributed by atoms with Crippen LogP contribution in [-0.2, 0) is 0 Å². The van der Waals surface area contributed by atoms with Crippen molar-refractivity contribution in [2.75, 3.05) is 26.7 Å². The minimum Gasteiger partial charge on any atom is -0.316 e. The Bertz CT molecular complexity index is 152. The highest BCUT2D eigenvalue weighted by Gasteiger charge is 2.24. The van der Waals surface area contributed by atoms with Gasteiger partial charge in [-0.1, -0.05) is 6.42 Å². The van der Waals surface area contributed by atoms with Gasteiger partial charge in [0.1, 0.15) is 0 Å². The summed E-state index contributed by atoms with van der Waals surface area (Å²) >= 11 is 0. The van der Waals surface area contributed by atoms with Crippen molar-refractivity contribution in [3.05, 3.63) is 0 Å². The van der Waals surface area contributed by atoms with Crippen molar-refractivity contribution in [3.63, 3.8) is 0 Å². The van der Waals surface area contributed by atoms with Crippen LogP contribution in [0, 0.1) is 5.92 Å². The monoisotopic (exact) mass is 182 g/mol. The molecule has 0 saturated carbocycles. The molecule has 0 aromatic rings. The molecule has 2 aliphatic rings. The van der Waals surface area contributed by atoms with Gasteiger partial charge in [0, 0.05) is 6.04 Å². The SMILES string of the molecule is CN1CCCCC1CC1CCNC1. The van der Waals surface area contributed by atoms with Crippen LogP contribution in [0.5, 0.6) is 0 Å². The first-order chi connectivity index (χ1) is 6.36. The Labute approximate surface area is 81.7 Å². The van der Waals surface area contributed by atoms with E-state index in [2.05, 4.69) is 17.3 Å². The first kappa shape index (κ1) is 9.47. The average molecular weight is 182 g/mol. The van der Waals surface area contributed by atoms with Gasteiger partial charge < -0.3 is 10.2 Å². The highest BCUT2D eigenvalue weighted by atomic mass is 15.1. The Morgan fingerprint density at radius 2 is 2.23 bits per heavy atom. The zero-order valence-electron chi connectivity index (χ0n) is 8.76. The molecule has 2 saturated heterocycles. The van der Waals surface area contributed by atoms with E-state index in [1.807, 2.05) is 0 Å². The fraction of sp³-hybridized carbons (Fsp3) is 1.00. The van der Waals surface area contributed by atoms with Gasteiger partial charge in [0.2, 0.25) is 0 Å². The summed E-state index contributed by atoms with van der Waals surface area (Å²) in [5.41, 5.74) is 0. The van der Waals surface area contributed by atoms with Gasteiger partial charge in [0.05, 0.1) is 0 Å². The first-order valence-corrected chi connectivity index (χ1v) is 5.77. The van der Waals surface area contributed by atoms with Crippen molar-refractivity contribution < 1.29 is 0 Å². The summed E-state index contributed by atoms with van der Waals surface area (Å²) < 4.78 is 0. The number of piperidine rings is 1. The van der Waals surface area contributed by atoms with Crippen molar-refractivity contribution in [1.82, 2.24) is 10.2 Å². The van der Waals surface area contributed by atoms with Gasteiger partial charge in [-0.2, -0.15) is 0 Å². The van der Waals surface area contributed by atoms with E-state index in [0.717, 1.165) is 12.0 Å². The fourth-order valence-corrected chi connectivity index (χ4v) is 2.74. The van der Waals surface area contributed by atoms with Crippen LogP contribution in [0.4, 0.5) is 0 Å². The zero-order chi connectivity index (χ0) is 9.10. The topological polar surface area (TPSA) is 15.3 Å². The summed E-state index contributed by atoms with van der Waals surface area (Å²) in [5.74, 6) is 0.963. The van der Waals surface area contributed by atoms with E-state index in [9.17, 15) is 0 Å². The predicted octanol–water partition coefficient (Wildman–Crippen LogP) is 1.47. The Morgan fingerprint density at radius 3 is 2.92 bits per heavy atom. The first-order valence-electron chi connectivity index (χ1n) is 5.77. The molecule has 13 heavy (non-hydrogen) atoms. The third kappa shape index (κ3) is 2.44. The maximum Gasteiger partial charge on any atom is 0.00953 e. The van der Waals surface area contributed by atoms with Crippen molar-refractivity contribution in [1.29, 1.82) is 0 Å². The largest absolute Gasteiger partial charge is 0.316 e. The van der Waals surface area contributed by atoms with E-state index in [-0.39, 0.29) is 0 Å². The van der Waals surface area contributed by atoms with Crippen LogP contribution in [0.25, 0.3) is 0 Å². The van der Waals surface area contributed by atoms with E-state index in [1.165, 1.54) is 51.7 Å². The molecule has 76 valence electrons. The molecule has 0 bridgehead atoms. The van der Waals surface area contributed by atoms with Crippen molar-refractivity contribution >= 4 is 0 Å². The summed E-state index contributed by atoms with van der Waals surface area (Å²) in [6, 6.07) is 0.888. The second-order valence-electron chi connectivity index (χ2n) is 4.72. The zero-order valence-corrected chi connectivity index (χ0v) is 8.76. The lowest BCUT2D eigenvalue weighted by Gasteiger charge is -2.34. The summed E-state index contributed by atoms with van der Waals surface area (Å²) in [7, 11) is 2.30. The number of rotatable bonds is 2. The molecule has 2 fully saturated rings. The van der Waals surface area contributed by atoms with Gasteiger partial charge in [-0.05, 0) is 58.3 Å². The van der Waals surface area contributed by atoms with Gasteiger partial charge >= 0.3 is 0 Å². The molecule has 0 aromatic carbocycles. The average Bonchev–Trinajstić information content (AvgIpc) is 2.61. The molecule has 0 radical (unpaired) electrons. The Hall–Kier alpha value is -0.0800. The molecular weight excluding hydrogens is 160 g/mol. The normalized spacial score (nSPS) is 36.7. The lowest BCUT2D eigenvalue weighted by molar-refractivity contribution is 0.160. The number of likely N-dealkylation sites (tertiary alicyclic amines) is 1. The third-order valence-electron chi connectivity index (χ3n) is 3.69. The minimum absolute atomic E-state index is 0.888. The van der Waals surface area contributed by atoms with Gasteiger partial charge in [0.25, 0.3) is 0 Å². The maximum absolute atomic E-state index is 3.46. The number of hydrogen-bond donors (Lipinski definition) is 1. The lowest BCUT2D eigenvalue weighted by Crippen LogP contribution is -2.37. The van der Waals surface area contributed by atoms with Crippen LogP contribution in [0.15, 0.2) is 0 Å². The molecule has 2 nitrogen and oxygen atoms in total. The van der Waals surface area contributed by atoms with E-state index in [1.54, 1.807) is 0 Å². The van der Waals surface area contributed by atoms with Crippen molar-refractivity contribution in [2.24, 2.45) is 5.92 Å². The molecule has 2 atom stereocenters. The van der Waals surface area contributed by atoms with Crippen LogP contribution in [-0.4, -0.2) is 37.6 Å². The van der Waals surface area contributed by atoms with Crippen LogP contribution in [0.2, 0.25) is 0 Å². The smallest absolute Gasteiger partial charge is 0.00953 e. The predicted molar refractivity (Wildman–Crippen MR) is 55.9 cm³/mol. The highest BCUT2D eigenvalue weighted by Crippen LogP contribution is 2.24. The van der Waals surface area contributed by atoms with Gasteiger partial charge in [-0.3, -0.25) is 0 Å². The molecule has 2 heteroatoms. The fourth-order valence-electron chi connectivity index (χ4n) is 2.74. The minimum atomic E-state index is 0.888. The van der Waals surface area contributed by atoms with Crippen molar-refractivity contribution in [3.8, 4) is 0 Å². The Kier molecular flexibility index (Phi) is 3.23. The van der Waals surface area contributed by atoms with Crippen LogP contribution in [0.1, 0.15) is 32.1 Å². The summed E-state index contributed by atoms with van der Waals surface area (Å²) in [4.78, 5) is 2.57. The number of nitrogens with zero attached hydrogens (tertiary/aromatic N) is 1. The molecule has 2 aliphatic heterocycles. The quantitative estimate of drug-likeness (QED) is 0.695. The maximum atomic E-state index is 3.46. The Balaban J connectivity index is 1.78. The van der Waals surface area contributed by atoms with E-state index < -0.39 is 0 Å². The van der Waals surface area contributed by atoms with Gasteiger partial charge in [-0.15, -0.1) is 0 Å². The third-order valence-corrected chi connectivity index (χ3v) is 3.69. The molecule has 2 heterocycles. The van der Waals surface area contributed by atoms with Crippen LogP contribution < -0.4 is 5.32 Å². The van der Waals surface area contributed by atoms with Crippen molar-refractivity contribution in [2.45, 2.75) is 38.1 Å². The van der Waals surface area contributed by atoms with E-state index >= 15 is 0 Å². The molecule has 0 aromatic heterocycles. The standard InChI is InChI=1S/C11H22N2/c1-13-7-3-2-4-11(13)8-10-5-6-12-9-10/h10-12H,2-9H2,1H3. The van der Waals surface area contributed by atoms with Gasteiger partial charge in [-0.25, -0.2) is 0 Å². The summed E-state index contributed by atoms with van der Waals surface area (Å²) in [6.45, 7) is 3.84. The molecule has 1 N–H and O–H groups in total. The molecule has 0 aliphatic carbocycles. The molecule has 0 amide bonds. The molecular formula is C11H22N2. The molecule has 2 unspecified atom stereocenters. The highest BCUT2D eigenvalue weighted by molar-refractivity contribution is 4.80. The van der Waals surface area contributed by atoms with E-state index in [4.69, 9.17) is 0 Å². The van der Waals surface area contributed by atoms with E-state index in [0.29, 0.717) is 0 Å².